The second-order valence-electron chi connectivity index (χ2n) is 2.77. The van der Waals surface area contributed by atoms with Gasteiger partial charge in [0.1, 0.15) is 0 Å². The van der Waals surface area contributed by atoms with Crippen LogP contribution in [-0.2, 0) is 13.3 Å². The Balaban J connectivity index is 4.21. The second kappa shape index (κ2) is 8.85. The molecule has 0 heterocycles. The van der Waals surface area contributed by atoms with Crippen molar-refractivity contribution in [2.45, 2.75) is 33.2 Å². The van der Waals surface area contributed by atoms with Gasteiger partial charge in [-0.2, -0.15) is 0 Å². The van der Waals surface area contributed by atoms with Gasteiger partial charge in [0.15, 0.2) is 0 Å². The lowest BCUT2D eigenvalue weighted by Crippen LogP contribution is -2.45. The summed E-state index contributed by atoms with van der Waals surface area (Å²) in [6.07, 6.45) is 1.03. The molecule has 0 spiro atoms. The SMILES string of the molecule is CCO[Si](CCCBr)(OCC)OCC. The Morgan fingerprint density at radius 1 is 0.929 bits per heavy atom. The Hall–Kier alpha value is 0.577. The largest absolute Gasteiger partial charge is 0.500 e. The van der Waals surface area contributed by atoms with E-state index in [4.69, 9.17) is 13.3 Å². The van der Waals surface area contributed by atoms with Gasteiger partial charge in [-0.25, -0.2) is 0 Å². The molecule has 0 aromatic rings. The zero-order valence-corrected chi connectivity index (χ0v) is 11.9. The van der Waals surface area contributed by atoms with Crippen molar-refractivity contribution in [1.82, 2.24) is 0 Å². The van der Waals surface area contributed by atoms with Crippen LogP contribution in [-0.4, -0.2) is 34.0 Å². The maximum absolute atomic E-state index is 5.69. The third kappa shape index (κ3) is 5.46. The van der Waals surface area contributed by atoms with Crippen LogP contribution in [0.1, 0.15) is 27.2 Å². The third-order valence-corrected chi connectivity index (χ3v) is 5.42. The van der Waals surface area contributed by atoms with Gasteiger partial charge >= 0.3 is 8.80 Å². The van der Waals surface area contributed by atoms with Gasteiger partial charge in [-0.05, 0) is 27.2 Å². The zero-order valence-electron chi connectivity index (χ0n) is 9.35. The van der Waals surface area contributed by atoms with Gasteiger partial charge in [-0.15, -0.1) is 0 Å². The molecular weight excluding hydrogens is 264 g/mol. The summed E-state index contributed by atoms with van der Waals surface area (Å²) >= 11 is 3.41. The van der Waals surface area contributed by atoms with Gasteiger partial charge < -0.3 is 13.3 Å². The molecule has 0 unspecified atom stereocenters. The predicted molar refractivity (Wildman–Crippen MR) is 63.9 cm³/mol. The van der Waals surface area contributed by atoms with Crippen LogP contribution < -0.4 is 0 Å². The van der Waals surface area contributed by atoms with Crippen molar-refractivity contribution in [2.24, 2.45) is 0 Å². The summed E-state index contributed by atoms with van der Waals surface area (Å²) in [6.45, 7) is 7.92. The monoisotopic (exact) mass is 284 g/mol. The van der Waals surface area contributed by atoms with E-state index in [1.807, 2.05) is 20.8 Å². The minimum atomic E-state index is -2.35. The van der Waals surface area contributed by atoms with E-state index >= 15 is 0 Å². The van der Waals surface area contributed by atoms with Crippen molar-refractivity contribution < 1.29 is 13.3 Å². The van der Waals surface area contributed by atoms with Crippen LogP contribution in [0.25, 0.3) is 0 Å². The van der Waals surface area contributed by atoms with Gasteiger partial charge in [-0.3, -0.25) is 0 Å². The molecule has 14 heavy (non-hydrogen) atoms. The van der Waals surface area contributed by atoms with E-state index in [1.54, 1.807) is 0 Å². The lowest BCUT2D eigenvalue weighted by atomic mass is 10.6. The average Bonchev–Trinajstić information content (AvgIpc) is 2.16. The van der Waals surface area contributed by atoms with Crippen molar-refractivity contribution in [3.05, 3.63) is 0 Å². The van der Waals surface area contributed by atoms with Crippen LogP contribution >= 0.6 is 15.9 Å². The summed E-state index contributed by atoms with van der Waals surface area (Å²) in [5, 5.41) is 0.967. The Morgan fingerprint density at radius 2 is 1.36 bits per heavy atom. The molecule has 0 bridgehead atoms. The quantitative estimate of drug-likeness (QED) is 0.481. The van der Waals surface area contributed by atoms with Crippen LogP contribution in [0.2, 0.25) is 6.04 Å². The zero-order chi connectivity index (χ0) is 10.9. The van der Waals surface area contributed by atoms with Crippen LogP contribution in [0.4, 0.5) is 0 Å². The average molecular weight is 285 g/mol. The van der Waals surface area contributed by atoms with Crippen LogP contribution in [0.5, 0.6) is 0 Å². The summed E-state index contributed by atoms with van der Waals surface area (Å²) < 4.78 is 17.1. The lowest BCUT2D eigenvalue weighted by Gasteiger charge is -2.28. The molecule has 3 nitrogen and oxygen atoms in total. The Morgan fingerprint density at radius 3 is 1.64 bits per heavy atom. The van der Waals surface area contributed by atoms with Crippen molar-refractivity contribution in [3.8, 4) is 0 Å². The fourth-order valence-corrected chi connectivity index (χ4v) is 4.69. The number of alkyl halides is 1. The second-order valence-corrected chi connectivity index (χ2v) is 6.30. The number of hydrogen-bond donors (Lipinski definition) is 0. The van der Waals surface area contributed by atoms with E-state index < -0.39 is 8.80 Å². The molecule has 0 aliphatic carbocycles. The standard InChI is InChI=1S/C9H21BrO3Si/c1-4-11-14(12-5-2,13-6-3)9-7-8-10/h4-9H2,1-3H3. The first-order chi connectivity index (χ1) is 6.74. The molecule has 0 aliphatic rings. The Labute approximate surface area is 96.6 Å². The molecule has 0 saturated heterocycles. The van der Waals surface area contributed by atoms with Crippen LogP contribution in [0.15, 0.2) is 0 Å². The number of halogens is 1. The number of hydrogen-bond acceptors (Lipinski definition) is 3. The predicted octanol–water partition coefficient (Wildman–Crippen LogP) is 2.82. The van der Waals surface area contributed by atoms with Crippen LogP contribution in [0.3, 0.4) is 0 Å². The molecule has 0 radical (unpaired) electrons. The van der Waals surface area contributed by atoms with E-state index in [1.165, 1.54) is 0 Å². The highest BCUT2D eigenvalue weighted by Gasteiger charge is 2.39. The van der Waals surface area contributed by atoms with Gasteiger partial charge in [0.05, 0.1) is 0 Å². The summed E-state index contributed by atoms with van der Waals surface area (Å²) in [4.78, 5) is 0. The Bertz CT molecular complexity index is 118. The lowest BCUT2D eigenvalue weighted by molar-refractivity contribution is 0.0712. The van der Waals surface area contributed by atoms with E-state index in [9.17, 15) is 0 Å². The summed E-state index contributed by atoms with van der Waals surface area (Å²) in [5.41, 5.74) is 0. The molecule has 0 aromatic heterocycles. The molecule has 0 rings (SSSR count). The first-order valence-electron chi connectivity index (χ1n) is 5.22. The van der Waals surface area contributed by atoms with Crippen molar-refractivity contribution in [3.63, 3.8) is 0 Å². The molecule has 86 valence electrons. The molecule has 5 heteroatoms. The van der Waals surface area contributed by atoms with Crippen molar-refractivity contribution in [2.75, 3.05) is 25.2 Å². The molecule has 0 saturated carbocycles. The fourth-order valence-electron chi connectivity index (χ4n) is 1.28. The van der Waals surface area contributed by atoms with E-state index in [0.29, 0.717) is 19.8 Å². The van der Waals surface area contributed by atoms with Crippen molar-refractivity contribution in [1.29, 1.82) is 0 Å². The fraction of sp³-hybridized carbons (Fsp3) is 1.00. The maximum atomic E-state index is 5.69. The topological polar surface area (TPSA) is 27.7 Å². The third-order valence-electron chi connectivity index (χ3n) is 1.71. The molecular formula is C9H21BrO3Si. The minimum absolute atomic E-state index is 0.661. The smallest absolute Gasteiger partial charge is 0.374 e. The number of rotatable bonds is 9. The van der Waals surface area contributed by atoms with Gasteiger partial charge in [-0.1, -0.05) is 15.9 Å². The molecule has 0 atom stereocenters. The van der Waals surface area contributed by atoms with Gasteiger partial charge in [0.2, 0.25) is 0 Å². The van der Waals surface area contributed by atoms with Gasteiger partial charge in [0, 0.05) is 31.2 Å². The highest BCUT2D eigenvalue weighted by Crippen LogP contribution is 2.18. The summed E-state index contributed by atoms with van der Waals surface area (Å²) in [5.74, 6) is 0. The van der Waals surface area contributed by atoms with E-state index in [2.05, 4.69) is 15.9 Å². The summed E-state index contributed by atoms with van der Waals surface area (Å²) in [6, 6.07) is 0.897. The molecule has 0 N–H and O–H groups in total. The normalized spacial score (nSPS) is 12.0. The maximum Gasteiger partial charge on any atom is 0.500 e. The highest BCUT2D eigenvalue weighted by atomic mass is 79.9. The highest BCUT2D eigenvalue weighted by molar-refractivity contribution is 9.09. The van der Waals surface area contributed by atoms with E-state index in [-0.39, 0.29) is 0 Å². The first kappa shape index (κ1) is 14.6. The Kier molecular flexibility index (Phi) is 9.22. The molecule has 0 fully saturated rings. The van der Waals surface area contributed by atoms with Crippen LogP contribution in [0, 0.1) is 0 Å². The molecule has 0 aliphatic heterocycles. The summed E-state index contributed by atoms with van der Waals surface area (Å²) in [7, 11) is -2.35. The molecule has 0 amide bonds. The first-order valence-corrected chi connectivity index (χ1v) is 8.27. The van der Waals surface area contributed by atoms with E-state index in [0.717, 1.165) is 17.8 Å². The van der Waals surface area contributed by atoms with Crippen molar-refractivity contribution >= 4 is 24.7 Å². The van der Waals surface area contributed by atoms with Gasteiger partial charge in [0.25, 0.3) is 0 Å². The molecule has 0 aromatic carbocycles. The minimum Gasteiger partial charge on any atom is -0.374 e.